The smallest absolute Gasteiger partial charge is 0.121 e. The highest BCUT2D eigenvalue weighted by atomic mass is 16.5. The van der Waals surface area contributed by atoms with Gasteiger partial charge < -0.3 is 20.5 Å². The molecule has 0 radical (unpaired) electrons. The lowest BCUT2D eigenvalue weighted by Gasteiger charge is -2.18. The Morgan fingerprint density at radius 1 is 1.41 bits per heavy atom. The van der Waals surface area contributed by atoms with Crippen molar-refractivity contribution in [2.75, 3.05) is 26.4 Å². The van der Waals surface area contributed by atoms with E-state index >= 15 is 0 Å². The maximum absolute atomic E-state index is 9.23. The normalized spacial score (nSPS) is 12.8. The Morgan fingerprint density at radius 2 is 2.12 bits per heavy atom. The van der Waals surface area contributed by atoms with E-state index in [2.05, 4.69) is 4.90 Å². The second-order valence-electron chi connectivity index (χ2n) is 4.49. The van der Waals surface area contributed by atoms with E-state index in [9.17, 15) is 5.11 Å². The molecule has 4 heteroatoms. The third kappa shape index (κ3) is 5.06. The van der Waals surface area contributed by atoms with Crippen LogP contribution in [0.5, 0.6) is 5.75 Å². The first-order valence-corrected chi connectivity index (χ1v) is 5.81. The fraction of sp³-hybridized carbons (Fsp3) is 0.538. The van der Waals surface area contributed by atoms with Gasteiger partial charge in [0.1, 0.15) is 5.75 Å². The molecule has 1 unspecified atom stereocenters. The Balaban J connectivity index is 2.58. The highest BCUT2D eigenvalue weighted by Gasteiger charge is 2.05. The average Bonchev–Trinajstić information content (AvgIpc) is 2.25. The minimum atomic E-state index is -0.257. The van der Waals surface area contributed by atoms with E-state index in [4.69, 9.17) is 10.5 Å². The van der Waals surface area contributed by atoms with Crippen molar-refractivity contribution in [3.8, 4) is 5.75 Å². The van der Waals surface area contributed by atoms with Crippen molar-refractivity contribution in [2.24, 2.45) is 0 Å². The van der Waals surface area contributed by atoms with Crippen LogP contribution in [-0.4, -0.2) is 36.8 Å². The van der Waals surface area contributed by atoms with Crippen molar-refractivity contribution >= 4 is 5.69 Å². The predicted molar refractivity (Wildman–Crippen MR) is 70.0 cm³/mol. The molecular weight excluding hydrogens is 216 g/mol. The van der Waals surface area contributed by atoms with E-state index in [1.54, 1.807) is 20.1 Å². The van der Waals surface area contributed by atoms with E-state index in [1.165, 1.54) is 0 Å². The molecule has 96 valence electrons. The van der Waals surface area contributed by atoms with Crippen LogP contribution in [0.15, 0.2) is 18.2 Å². The number of aliphatic hydroxyl groups is 1. The third-order valence-corrected chi connectivity index (χ3v) is 2.61. The quantitative estimate of drug-likeness (QED) is 0.737. The molecule has 0 spiro atoms. The van der Waals surface area contributed by atoms with Crippen molar-refractivity contribution in [1.82, 2.24) is 4.90 Å². The first kappa shape index (κ1) is 13.8. The minimum Gasteiger partial charge on any atom is -0.497 e. The number of benzene rings is 1. The molecule has 0 aliphatic rings. The van der Waals surface area contributed by atoms with Crippen molar-refractivity contribution in [1.29, 1.82) is 0 Å². The molecule has 0 saturated carbocycles. The molecule has 0 saturated heterocycles. The maximum atomic E-state index is 9.23. The van der Waals surface area contributed by atoms with Crippen LogP contribution in [0.4, 0.5) is 5.69 Å². The highest BCUT2D eigenvalue weighted by molar-refractivity contribution is 5.47. The number of hydrogen-bond donors (Lipinski definition) is 2. The molecular formula is C13H22N2O2. The van der Waals surface area contributed by atoms with Gasteiger partial charge in [-0.25, -0.2) is 0 Å². The summed E-state index contributed by atoms with van der Waals surface area (Å²) in [6.07, 6.45) is 0.517. The predicted octanol–water partition coefficient (Wildman–Crippen LogP) is 1.48. The van der Waals surface area contributed by atoms with Crippen LogP contribution in [0.1, 0.15) is 18.9 Å². The molecule has 0 aliphatic heterocycles. The van der Waals surface area contributed by atoms with Gasteiger partial charge in [0.15, 0.2) is 0 Å². The van der Waals surface area contributed by atoms with Gasteiger partial charge in [0.05, 0.1) is 13.2 Å². The van der Waals surface area contributed by atoms with Crippen molar-refractivity contribution in [2.45, 2.75) is 26.0 Å². The van der Waals surface area contributed by atoms with Crippen LogP contribution >= 0.6 is 0 Å². The summed E-state index contributed by atoms with van der Waals surface area (Å²) in [7, 11) is 3.66. The van der Waals surface area contributed by atoms with Gasteiger partial charge in [-0.1, -0.05) is 0 Å². The lowest BCUT2D eigenvalue weighted by molar-refractivity contribution is 0.163. The largest absolute Gasteiger partial charge is 0.497 e. The first-order valence-electron chi connectivity index (χ1n) is 5.81. The standard InChI is InChI=1S/C13H22N2O2/c1-10(16)4-5-15(2)9-11-6-12(14)8-13(7-11)17-3/h6-8,10,16H,4-5,9,14H2,1-3H3. The molecule has 0 aliphatic carbocycles. The van der Waals surface area contributed by atoms with Gasteiger partial charge >= 0.3 is 0 Å². The number of aliphatic hydroxyl groups excluding tert-OH is 1. The summed E-state index contributed by atoms with van der Waals surface area (Å²) < 4.78 is 5.18. The molecule has 0 aromatic heterocycles. The molecule has 0 amide bonds. The molecule has 0 heterocycles. The number of rotatable bonds is 6. The molecule has 1 atom stereocenters. The van der Waals surface area contributed by atoms with Gasteiger partial charge in [-0.05, 0) is 38.1 Å². The van der Waals surface area contributed by atoms with E-state index in [0.29, 0.717) is 5.69 Å². The van der Waals surface area contributed by atoms with Crippen LogP contribution in [0, 0.1) is 0 Å². The summed E-state index contributed by atoms with van der Waals surface area (Å²) in [5.74, 6) is 0.781. The molecule has 4 nitrogen and oxygen atoms in total. The van der Waals surface area contributed by atoms with Gasteiger partial charge in [0.25, 0.3) is 0 Å². The Labute approximate surface area is 103 Å². The molecule has 0 bridgehead atoms. The molecule has 1 rings (SSSR count). The van der Waals surface area contributed by atoms with Crippen LogP contribution in [0.25, 0.3) is 0 Å². The molecule has 17 heavy (non-hydrogen) atoms. The number of hydrogen-bond acceptors (Lipinski definition) is 4. The molecule has 0 fully saturated rings. The number of anilines is 1. The maximum Gasteiger partial charge on any atom is 0.121 e. The van der Waals surface area contributed by atoms with Gasteiger partial charge in [-0.3, -0.25) is 0 Å². The summed E-state index contributed by atoms with van der Waals surface area (Å²) in [5.41, 5.74) is 7.63. The SMILES string of the molecule is COc1cc(N)cc(CN(C)CCC(C)O)c1. The number of nitrogen functional groups attached to an aromatic ring is 1. The average molecular weight is 238 g/mol. The second kappa shape index (κ2) is 6.47. The van der Waals surface area contributed by atoms with Crippen molar-refractivity contribution in [3.63, 3.8) is 0 Å². The summed E-state index contributed by atoms with van der Waals surface area (Å²) in [6.45, 7) is 3.46. The fourth-order valence-electron chi connectivity index (χ4n) is 1.69. The van der Waals surface area contributed by atoms with Crippen molar-refractivity contribution in [3.05, 3.63) is 23.8 Å². The number of methoxy groups -OCH3 is 1. The summed E-state index contributed by atoms with van der Waals surface area (Å²) in [6, 6.07) is 5.73. The Bertz CT molecular complexity index is 353. The Hall–Kier alpha value is -1.26. The first-order chi connectivity index (χ1) is 8.01. The van der Waals surface area contributed by atoms with E-state index < -0.39 is 0 Å². The van der Waals surface area contributed by atoms with Gasteiger partial charge in [0.2, 0.25) is 0 Å². The lowest BCUT2D eigenvalue weighted by Crippen LogP contribution is -2.22. The minimum absolute atomic E-state index is 0.257. The van der Waals surface area contributed by atoms with Gasteiger partial charge in [0, 0.05) is 24.8 Å². The molecule has 3 N–H and O–H groups in total. The lowest BCUT2D eigenvalue weighted by atomic mass is 10.1. The van der Waals surface area contributed by atoms with Gasteiger partial charge in [-0.2, -0.15) is 0 Å². The third-order valence-electron chi connectivity index (χ3n) is 2.61. The van der Waals surface area contributed by atoms with Crippen LogP contribution in [0.3, 0.4) is 0 Å². The summed E-state index contributed by atoms with van der Waals surface area (Å²) in [5, 5.41) is 9.23. The zero-order valence-electron chi connectivity index (χ0n) is 10.8. The van der Waals surface area contributed by atoms with E-state index in [1.807, 2.05) is 19.2 Å². The fourth-order valence-corrected chi connectivity index (χ4v) is 1.69. The Morgan fingerprint density at radius 3 is 2.71 bits per heavy atom. The van der Waals surface area contributed by atoms with Gasteiger partial charge in [-0.15, -0.1) is 0 Å². The zero-order valence-corrected chi connectivity index (χ0v) is 10.8. The van der Waals surface area contributed by atoms with E-state index in [-0.39, 0.29) is 6.10 Å². The Kier molecular flexibility index (Phi) is 5.25. The summed E-state index contributed by atoms with van der Waals surface area (Å²) in [4.78, 5) is 2.15. The highest BCUT2D eigenvalue weighted by Crippen LogP contribution is 2.19. The van der Waals surface area contributed by atoms with E-state index in [0.717, 1.165) is 30.8 Å². The number of ether oxygens (including phenoxy) is 1. The van der Waals surface area contributed by atoms with Crippen LogP contribution in [0.2, 0.25) is 0 Å². The van der Waals surface area contributed by atoms with Crippen LogP contribution in [-0.2, 0) is 6.54 Å². The van der Waals surface area contributed by atoms with Crippen molar-refractivity contribution < 1.29 is 9.84 Å². The zero-order chi connectivity index (χ0) is 12.8. The number of nitrogens with zero attached hydrogens (tertiary/aromatic N) is 1. The van der Waals surface area contributed by atoms with Crippen LogP contribution < -0.4 is 10.5 Å². The summed E-state index contributed by atoms with van der Waals surface area (Å²) >= 11 is 0. The monoisotopic (exact) mass is 238 g/mol. The second-order valence-corrected chi connectivity index (χ2v) is 4.49. The number of nitrogens with two attached hydrogens (primary N) is 1. The molecule has 1 aromatic rings. The molecule has 1 aromatic carbocycles. The topological polar surface area (TPSA) is 58.7 Å².